The number of nitrogens with one attached hydrogen (secondary N) is 2. The highest BCUT2D eigenvalue weighted by atomic mass is 16.4. The van der Waals surface area contributed by atoms with E-state index >= 15 is 0 Å². The van der Waals surface area contributed by atoms with Gasteiger partial charge in [0.15, 0.2) is 0 Å². The van der Waals surface area contributed by atoms with E-state index in [0.29, 0.717) is 12.8 Å². The van der Waals surface area contributed by atoms with Gasteiger partial charge in [0.2, 0.25) is 0 Å². The van der Waals surface area contributed by atoms with Crippen LogP contribution in [0.2, 0.25) is 0 Å². The lowest BCUT2D eigenvalue weighted by atomic mass is 9.72. The fourth-order valence-corrected chi connectivity index (χ4v) is 2.75. The van der Waals surface area contributed by atoms with Crippen LogP contribution < -0.4 is 10.6 Å². The lowest BCUT2D eigenvalue weighted by Crippen LogP contribution is -2.66. The molecule has 112 valence electrons. The summed E-state index contributed by atoms with van der Waals surface area (Å²) in [5.74, 6) is 0. The first-order valence-corrected chi connectivity index (χ1v) is 6.68. The van der Waals surface area contributed by atoms with Crippen LogP contribution in [0.4, 0.5) is 4.79 Å². The average molecular weight is 274 g/mol. The summed E-state index contributed by atoms with van der Waals surface area (Å²) in [6, 6.07) is 0.144. The normalized spacial score (nSPS) is 28.6. The Kier molecular flexibility index (Phi) is 5.18. The van der Waals surface area contributed by atoms with Gasteiger partial charge < -0.3 is 26.0 Å². The summed E-state index contributed by atoms with van der Waals surface area (Å²) in [6.45, 7) is 6.21. The zero-order valence-corrected chi connectivity index (χ0v) is 11.9. The van der Waals surface area contributed by atoms with Crippen LogP contribution in [0.5, 0.6) is 0 Å². The molecule has 1 aliphatic carbocycles. The van der Waals surface area contributed by atoms with Crippen LogP contribution in [0.25, 0.3) is 0 Å². The Bertz CT molecular complexity index is 308. The van der Waals surface area contributed by atoms with Crippen molar-refractivity contribution in [1.82, 2.24) is 10.6 Å². The van der Waals surface area contributed by atoms with E-state index in [0.717, 1.165) is 6.42 Å². The number of hydrogen-bond donors (Lipinski definition) is 5. The van der Waals surface area contributed by atoms with Crippen molar-refractivity contribution in [1.29, 1.82) is 0 Å². The van der Waals surface area contributed by atoms with Gasteiger partial charge in [-0.15, -0.1) is 0 Å². The molecule has 0 aromatic rings. The molecule has 1 rings (SSSR count). The van der Waals surface area contributed by atoms with Crippen molar-refractivity contribution >= 4 is 6.09 Å². The molecule has 1 fully saturated rings. The van der Waals surface area contributed by atoms with Crippen molar-refractivity contribution in [2.75, 3.05) is 13.2 Å². The quantitative estimate of drug-likeness (QED) is 0.486. The Balaban J connectivity index is 2.42. The molecule has 1 aliphatic rings. The van der Waals surface area contributed by atoms with Gasteiger partial charge >= 0.3 is 6.09 Å². The van der Waals surface area contributed by atoms with Gasteiger partial charge in [0, 0.05) is 12.1 Å². The average Bonchev–Trinajstić information content (AvgIpc) is 2.21. The topological polar surface area (TPSA) is 102 Å². The number of rotatable bonds is 6. The van der Waals surface area contributed by atoms with Gasteiger partial charge in [0.1, 0.15) is 0 Å². The Hall–Kier alpha value is -0.850. The molecule has 0 aromatic carbocycles. The predicted molar refractivity (Wildman–Crippen MR) is 72.1 cm³/mol. The van der Waals surface area contributed by atoms with Crippen molar-refractivity contribution in [2.24, 2.45) is 5.41 Å². The van der Waals surface area contributed by atoms with Crippen LogP contribution in [-0.2, 0) is 0 Å². The maximum atomic E-state index is 10.7. The highest BCUT2D eigenvalue weighted by molar-refractivity contribution is 5.66. The molecule has 0 radical (unpaired) electrons. The number of hydrogen-bond acceptors (Lipinski definition) is 4. The number of amides is 1. The Morgan fingerprint density at radius 1 is 1.37 bits per heavy atom. The molecular formula is C13H26N2O4. The third kappa shape index (κ3) is 4.97. The van der Waals surface area contributed by atoms with Crippen molar-refractivity contribution in [3.63, 3.8) is 0 Å². The zero-order chi connectivity index (χ0) is 14.7. The first-order valence-electron chi connectivity index (χ1n) is 6.68. The summed E-state index contributed by atoms with van der Waals surface area (Å²) >= 11 is 0. The van der Waals surface area contributed by atoms with E-state index < -0.39 is 11.6 Å². The van der Waals surface area contributed by atoms with Crippen LogP contribution >= 0.6 is 0 Å². The minimum absolute atomic E-state index is 0.00604. The molecule has 0 spiro atoms. The Morgan fingerprint density at radius 3 is 2.32 bits per heavy atom. The summed E-state index contributed by atoms with van der Waals surface area (Å²) in [5, 5.41) is 33.1. The highest BCUT2D eigenvalue weighted by Gasteiger charge is 2.45. The second kappa shape index (κ2) is 6.07. The Labute approximate surface area is 114 Å². The van der Waals surface area contributed by atoms with Crippen LogP contribution in [0.1, 0.15) is 40.0 Å². The van der Waals surface area contributed by atoms with Crippen LogP contribution in [-0.4, -0.2) is 52.2 Å². The van der Waals surface area contributed by atoms with E-state index in [1.807, 2.05) is 0 Å². The zero-order valence-electron chi connectivity index (χ0n) is 11.9. The molecule has 0 saturated heterocycles. The van der Waals surface area contributed by atoms with Crippen LogP contribution in [0.3, 0.4) is 0 Å². The van der Waals surface area contributed by atoms with E-state index in [1.165, 1.54) is 0 Å². The maximum Gasteiger partial charge on any atom is 0.405 e. The third-order valence-corrected chi connectivity index (χ3v) is 3.50. The van der Waals surface area contributed by atoms with Crippen LogP contribution in [0, 0.1) is 5.41 Å². The minimum atomic E-state index is -1.11. The molecule has 0 bridgehead atoms. The molecule has 6 heteroatoms. The van der Waals surface area contributed by atoms with E-state index in [2.05, 4.69) is 31.4 Å². The van der Waals surface area contributed by atoms with Gasteiger partial charge in [-0.3, -0.25) is 0 Å². The first kappa shape index (κ1) is 16.2. The maximum absolute atomic E-state index is 10.7. The molecule has 1 saturated carbocycles. The van der Waals surface area contributed by atoms with Gasteiger partial charge in [-0.25, -0.2) is 4.79 Å². The van der Waals surface area contributed by atoms with Crippen molar-refractivity contribution in [3.8, 4) is 0 Å². The second-order valence-electron chi connectivity index (χ2n) is 6.78. The summed E-state index contributed by atoms with van der Waals surface area (Å²) in [4.78, 5) is 10.7. The molecule has 1 unspecified atom stereocenters. The SMILES string of the molecule is CC(C)(C)CC(CO)NC1CC(CO)(NC(=O)O)C1. The predicted octanol–water partition coefficient (Wildman–Crippen LogP) is 0.534. The molecule has 0 heterocycles. The van der Waals surface area contributed by atoms with Gasteiger partial charge in [0.25, 0.3) is 0 Å². The molecule has 0 aromatic heterocycles. The van der Waals surface area contributed by atoms with E-state index in [1.54, 1.807) is 0 Å². The molecule has 0 aliphatic heterocycles. The minimum Gasteiger partial charge on any atom is -0.465 e. The number of aliphatic hydroxyl groups is 2. The van der Waals surface area contributed by atoms with Gasteiger partial charge in [0.05, 0.1) is 18.8 Å². The lowest BCUT2D eigenvalue weighted by molar-refractivity contribution is 0.0464. The lowest BCUT2D eigenvalue weighted by Gasteiger charge is -2.48. The summed E-state index contributed by atoms with van der Waals surface area (Å²) in [5.41, 5.74) is -0.594. The largest absolute Gasteiger partial charge is 0.465 e. The monoisotopic (exact) mass is 274 g/mol. The standard InChI is InChI=1S/C13H26N2O4/c1-12(2,3)4-10(7-16)14-9-5-13(6-9,8-17)15-11(18)19/h9-10,14-17H,4-8H2,1-3H3,(H,18,19). The van der Waals surface area contributed by atoms with Gasteiger partial charge in [-0.05, 0) is 24.7 Å². The van der Waals surface area contributed by atoms with E-state index in [4.69, 9.17) is 5.11 Å². The summed E-state index contributed by atoms with van der Waals surface area (Å²) < 4.78 is 0. The highest BCUT2D eigenvalue weighted by Crippen LogP contribution is 2.33. The summed E-state index contributed by atoms with van der Waals surface area (Å²) in [7, 11) is 0. The van der Waals surface area contributed by atoms with Crippen molar-refractivity contribution in [2.45, 2.75) is 57.7 Å². The number of carbonyl (C=O) groups is 1. The van der Waals surface area contributed by atoms with Gasteiger partial charge in [-0.2, -0.15) is 0 Å². The molecule has 1 amide bonds. The third-order valence-electron chi connectivity index (χ3n) is 3.50. The molecule has 1 atom stereocenters. The van der Waals surface area contributed by atoms with Crippen LogP contribution in [0.15, 0.2) is 0 Å². The smallest absolute Gasteiger partial charge is 0.405 e. The van der Waals surface area contributed by atoms with Crippen molar-refractivity contribution in [3.05, 3.63) is 0 Å². The van der Waals surface area contributed by atoms with E-state index in [-0.39, 0.29) is 30.7 Å². The first-order chi connectivity index (χ1) is 8.69. The van der Waals surface area contributed by atoms with E-state index in [9.17, 15) is 15.0 Å². The molecule has 6 nitrogen and oxygen atoms in total. The fourth-order valence-electron chi connectivity index (χ4n) is 2.75. The molecule has 5 N–H and O–H groups in total. The second-order valence-corrected chi connectivity index (χ2v) is 6.78. The number of aliphatic hydroxyl groups excluding tert-OH is 2. The fraction of sp³-hybridized carbons (Fsp3) is 0.923. The molecule has 19 heavy (non-hydrogen) atoms. The molecular weight excluding hydrogens is 248 g/mol. The van der Waals surface area contributed by atoms with Crippen molar-refractivity contribution < 1.29 is 20.1 Å². The summed E-state index contributed by atoms with van der Waals surface area (Å²) in [6.07, 6.45) is 0.839. The van der Waals surface area contributed by atoms with Gasteiger partial charge in [-0.1, -0.05) is 20.8 Å². The Morgan fingerprint density at radius 2 is 1.95 bits per heavy atom. The number of carboxylic acid groups (broad SMARTS) is 1.